The highest BCUT2D eigenvalue weighted by Crippen LogP contribution is 2.57. The third-order valence-corrected chi connectivity index (χ3v) is 6.49. The Kier molecular flexibility index (Phi) is 4.44. The summed E-state index contributed by atoms with van der Waals surface area (Å²) in [4.78, 5) is 50.8. The number of rotatable bonds is 2. The smallest absolute Gasteiger partial charge is 0.310 e. The molecular weight excluding hydrogens is 402 g/mol. The lowest BCUT2D eigenvalue weighted by atomic mass is 9.61. The minimum absolute atomic E-state index is 0.0908. The summed E-state index contributed by atoms with van der Waals surface area (Å²) in [5.74, 6) is -2.35. The third-order valence-electron chi connectivity index (χ3n) is 6.49. The van der Waals surface area contributed by atoms with Crippen molar-refractivity contribution in [1.29, 1.82) is 0 Å². The Labute approximate surface area is 179 Å². The molecule has 3 aliphatic rings. The quantitative estimate of drug-likeness (QED) is 0.433. The van der Waals surface area contributed by atoms with Crippen molar-refractivity contribution in [2.24, 2.45) is 10.8 Å². The van der Waals surface area contributed by atoms with E-state index < -0.39 is 50.3 Å². The van der Waals surface area contributed by atoms with Crippen LogP contribution in [0, 0.1) is 20.9 Å². The number of carbonyl (C=O) groups excluding carboxylic acids is 3. The second kappa shape index (κ2) is 6.48. The lowest BCUT2D eigenvalue weighted by Crippen LogP contribution is -2.57. The van der Waals surface area contributed by atoms with E-state index in [9.17, 15) is 29.6 Å². The first kappa shape index (κ1) is 21.2. The van der Waals surface area contributed by atoms with E-state index in [4.69, 9.17) is 4.74 Å². The maximum Gasteiger partial charge on any atom is 0.310 e. The third kappa shape index (κ3) is 3.16. The van der Waals surface area contributed by atoms with Gasteiger partial charge in [-0.3, -0.25) is 24.5 Å². The molecule has 1 heterocycles. The number of phenolic OH excluding ortho intramolecular Hbond substituents is 1. The van der Waals surface area contributed by atoms with Crippen molar-refractivity contribution in [3.8, 4) is 5.75 Å². The standard InChI is InChI=1S/C23H25NO7/c1-21(2)8-15(26)19-16(9-21)31-23(17(27)10-22(3,4)11-18(23)28)20(19)12-5-6-14(25)13(7-12)24(29)30/h5-7,20,25H,8-11H2,1-4H3/t20-/m1/s1. The summed E-state index contributed by atoms with van der Waals surface area (Å²) in [6.45, 7) is 7.48. The highest BCUT2D eigenvalue weighted by Gasteiger charge is 2.65. The molecule has 1 spiro atoms. The molecule has 0 radical (unpaired) electrons. The van der Waals surface area contributed by atoms with Gasteiger partial charge >= 0.3 is 5.69 Å². The Balaban J connectivity index is 1.95. The number of benzene rings is 1. The van der Waals surface area contributed by atoms with Gasteiger partial charge in [0.1, 0.15) is 5.76 Å². The van der Waals surface area contributed by atoms with Crippen molar-refractivity contribution in [2.45, 2.75) is 64.9 Å². The van der Waals surface area contributed by atoms with E-state index in [0.717, 1.165) is 12.1 Å². The van der Waals surface area contributed by atoms with Crippen LogP contribution in [0.3, 0.4) is 0 Å². The van der Waals surface area contributed by atoms with Gasteiger partial charge < -0.3 is 9.84 Å². The van der Waals surface area contributed by atoms with Crippen LogP contribution in [0.25, 0.3) is 0 Å². The van der Waals surface area contributed by atoms with Gasteiger partial charge in [0, 0.05) is 37.3 Å². The largest absolute Gasteiger partial charge is 0.502 e. The monoisotopic (exact) mass is 427 g/mol. The predicted molar refractivity (Wildman–Crippen MR) is 109 cm³/mol. The summed E-state index contributed by atoms with van der Waals surface area (Å²) >= 11 is 0. The van der Waals surface area contributed by atoms with E-state index in [0.29, 0.717) is 12.2 Å². The van der Waals surface area contributed by atoms with Crippen molar-refractivity contribution >= 4 is 23.0 Å². The predicted octanol–water partition coefficient (Wildman–Crippen LogP) is 3.75. The number of nitro benzene ring substituents is 1. The molecule has 1 aromatic rings. The molecule has 4 rings (SSSR count). The highest BCUT2D eigenvalue weighted by atomic mass is 16.6. The average Bonchev–Trinajstić information content (AvgIpc) is 2.95. The second-order valence-electron chi connectivity index (χ2n) is 10.4. The molecule has 1 atom stereocenters. The Morgan fingerprint density at radius 2 is 1.58 bits per heavy atom. The fraction of sp³-hybridized carbons (Fsp3) is 0.522. The summed E-state index contributed by atoms with van der Waals surface area (Å²) in [7, 11) is 0. The van der Waals surface area contributed by atoms with Crippen LogP contribution < -0.4 is 0 Å². The fourth-order valence-corrected chi connectivity index (χ4v) is 5.20. The van der Waals surface area contributed by atoms with Crippen LogP contribution in [0.5, 0.6) is 5.75 Å². The molecule has 2 aliphatic carbocycles. The maximum absolute atomic E-state index is 13.5. The van der Waals surface area contributed by atoms with Gasteiger partial charge in [-0.2, -0.15) is 0 Å². The first-order valence-electron chi connectivity index (χ1n) is 10.3. The van der Waals surface area contributed by atoms with E-state index in [1.807, 2.05) is 27.7 Å². The number of nitro groups is 1. The fourth-order valence-electron chi connectivity index (χ4n) is 5.20. The van der Waals surface area contributed by atoms with Crippen LogP contribution in [0.1, 0.15) is 64.9 Å². The summed E-state index contributed by atoms with van der Waals surface area (Å²) in [5, 5.41) is 21.3. The molecule has 1 fully saturated rings. The van der Waals surface area contributed by atoms with Crippen LogP contribution in [0.15, 0.2) is 29.5 Å². The Bertz CT molecular complexity index is 1060. The minimum Gasteiger partial charge on any atom is -0.502 e. The summed E-state index contributed by atoms with van der Waals surface area (Å²) in [6, 6.07) is 3.70. The molecule has 0 bridgehead atoms. The van der Waals surface area contributed by atoms with Gasteiger partial charge in [-0.05, 0) is 22.5 Å². The number of carbonyl (C=O) groups is 3. The molecule has 8 heteroatoms. The summed E-state index contributed by atoms with van der Waals surface area (Å²) < 4.78 is 6.14. The molecule has 0 aromatic heterocycles. The maximum atomic E-state index is 13.5. The number of ether oxygens (including phenoxy) is 1. The van der Waals surface area contributed by atoms with Crippen molar-refractivity contribution in [2.75, 3.05) is 0 Å². The molecule has 1 saturated carbocycles. The van der Waals surface area contributed by atoms with E-state index >= 15 is 0 Å². The molecular formula is C23H25NO7. The van der Waals surface area contributed by atoms with E-state index in [1.165, 1.54) is 6.07 Å². The number of ketones is 3. The molecule has 1 N–H and O–H groups in total. The van der Waals surface area contributed by atoms with Gasteiger partial charge in [-0.25, -0.2) is 0 Å². The number of aromatic hydroxyl groups is 1. The van der Waals surface area contributed by atoms with E-state index in [2.05, 4.69) is 0 Å². The number of phenols is 1. The van der Waals surface area contributed by atoms with Gasteiger partial charge in [0.05, 0.1) is 10.8 Å². The summed E-state index contributed by atoms with van der Waals surface area (Å²) in [5.41, 5.74) is -2.90. The Morgan fingerprint density at radius 1 is 1.00 bits per heavy atom. The Hall–Kier alpha value is -3.03. The van der Waals surface area contributed by atoms with Crippen LogP contribution >= 0.6 is 0 Å². The topological polar surface area (TPSA) is 124 Å². The highest BCUT2D eigenvalue weighted by molar-refractivity contribution is 6.17. The Morgan fingerprint density at radius 3 is 2.16 bits per heavy atom. The lowest BCUT2D eigenvalue weighted by Gasteiger charge is -2.41. The van der Waals surface area contributed by atoms with E-state index in [1.54, 1.807) is 0 Å². The number of hydrogen-bond donors (Lipinski definition) is 1. The number of allylic oxidation sites excluding steroid dienone is 1. The van der Waals surface area contributed by atoms with Crippen molar-refractivity contribution in [3.05, 3.63) is 45.2 Å². The number of hydrogen-bond acceptors (Lipinski definition) is 7. The van der Waals surface area contributed by atoms with Crippen LogP contribution in [0.4, 0.5) is 5.69 Å². The zero-order valence-electron chi connectivity index (χ0n) is 18.0. The first-order chi connectivity index (χ1) is 14.3. The number of nitrogens with zero attached hydrogens (tertiary/aromatic N) is 1. The van der Waals surface area contributed by atoms with Crippen molar-refractivity contribution in [3.63, 3.8) is 0 Å². The molecule has 1 aromatic carbocycles. The molecule has 8 nitrogen and oxygen atoms in total. The normalized spacial score (nSPS) is 26.1. The molecule has 0 saturated heterocycles. The first-order valence-corrected chi connectivity index (χ1v) is 10.3. The number of Topliss-reactive ketones (excluding diaryl/α,β-unsaturated/α-hetero) is 3. The lowest BCUT2D eigenvalue weighted by molar-refractivity contribution is -0.385. The van der Waals surface area contributed by atoms with Gasteiger partial charge in [0.15, 0.2) is 23.1 Å². The van der Waals surface area contributed by atoms with Crippen molar-refractivity contribution < 1.29 is 29.2 Å². The van der Waals surface area contributed by atoms with Crippen LogP contribution in [-0.2, 0) is 19.1 Å². The zero-order chi connectivity index (χ0) is 22.9. The van der Waals surface area contributed by atoms with Gasteiger partial charge in [0.2, 0.25) is 5.60 Å². The summed E-state index contributed by atoms with van der Waals surface area (Å²) in [6.07, 6.45) is 0.785. The van der Waals surface area contributed by atoms with Gasteiger partial charge in [0.25, 0.3) is 0 Å². The zero-order valence-corrected chi connectivity index (χ0v) is 18.0. The molecule has 0 unspecified atom stereocenters. The molecule has 164 valence electrons. The molecule has 1 aliphatic heterocycles. The van der Waals surface area contributed by atoms with Crippen LogP contribution in [0.2, 0.25) is 0 Å². The molecule has 31 heavy (non-hydrogen) atoms. The SMILES string of the molecule is CC1(C)CC(=O)C2(OC3=C(C(=O)CC(C)(C)C3)[C@H]2c2ccc(O)c([N+](=O)[O-])c2)C(=O)C1. The average molecular weight is 427 g/mol. The minimum atomic E-state index is -1.90. The van der Waals surface area contributed by atoms with E-state index in [-0.39, 0.29) is 36.2 Å². The molecule has 0 amide bonds. The van der Waals surface area contributed by atoms with Gasteiger partial charge in [-0.15, -0.1) is 0 Å². The van der Waals surface area contributed by atoms with Gasteiger partial charge in [-0.1, -0.05) is 33.8 Å². The van der Waals surface area contributed by atoms with Crippen LogP contribution in [-0.4, -0.2) is 33.0 Å². The van der Waals surface area contributed by atoms with Crippen molar-refractivity contribution in [1.82, 2.24) is 0 Å². The second-order valence-corrected chi connectivity index (χ2v) is 10.4.